The second-order valence-corrected chi connectivity index (χ2v) is 6.00. The van der Waals surface area contributed by atoms with Gasteiger partial charge < -0.3 is 4.74 Å². The molecule has 4 aromatic rings. The summed E-state index contributed by atoms with van der Waals surface area (Å²) in [6.07, 6.45) is 0. The molecule has 0 amide bonds. The number of ether oxygens (including phenoxy) is 1. The summed E-state index contributed by atoms with van der Waals surface area (Å²) >= 11 is 0. The highest BCUT2D eigenvalue weighted by Gasteiger charge is 2.23. The smallest absolute Gasteiger partial charge is 0.368 e. The van der Waals surface area contributed by atoms with Gasteiger partial charge in [0.1, 0.15) is 5.75 Å². The minimum atomic E-state index is 0.841. The standard InChI is InChI=1S/C24H19O2/c1-25-21-14-12-18(13-15-21)22-16-17-23(19-8-4-2-5-9-19)26-24(22)20-10-6-3-7-11-20/h2-17H,1H3/q+1. The summed E-state index contributed by atoms with van der Waals surface area (Å²) in [5, 5.41) is 0. The van der Waals surface area contributed by atoms with E-state index in [0.29, 0.717) is 0 Å². The highest BCUT2D eigenvalue weighted by molar-refractivity contribution is 5.81. The van der Waals surface area contributed by atoms with Gasteiger partial charge in [-0.15, -0.1) is 0 Å². The minimum absolute atomic E-state index is 0.841. The maximum absolute atomic E-state index is 6.36. The molecule has 0 aliphatic carbocycles. The Bertz CT molecular complexity index is 991. The van der Waals surface area contributed by atoms with Crippen LogP contribution in [0.15, 0.2) is 101 Å². The summed E-state index contributed by atoms with van der Waals surface area (Å²) in [7, 11) is 1.67. The summed E-state index contributed by atoms with van der Waals surface area (Å²) in [4.78, 5) is 0. The van der Waals surface area contributed by atoms with Gasteiger partial charge in [0, 0.05) is 6.07 Å². The molecule has 0 aliphatic heterocycles. The van der Waals surface area contributed by atoms with Crippen LogP contribution in [0.25, 0.3) is 33.8 Å². The Hall–Kier alpha value is -3.39. The maximum Gasteiger partial charge on any atom is 0.368 e. The Balaban J connectivity index is 1.88. The molecule has 0 bridgehead atoms. The molecule has 0 spiro atoms. The van der Waals surface area contributed by atoms with E-state index in [4.69, 9.17) is 9.15 Å². The Morgan fingerprint density at radius 2 is 1.19 bits per heavy atom. The quantitative estimate of drug-likeness (QED) is 0.392. The zero-order valence-corrected chi connectivity index (χ0v) is 14.6. The third kappa shape index (κ3) is 3.22. The van der Waals surface area contributed by atoms with E-state index in [1.165, 1.54) is 0 Å². The van der Waals surface area contributed by atoms with E-state index in [0.717, 1.165) is 39.5 Å². The highest BCUT2D eigenvalue weighted by Crippen LogP contribution is 2.36. The van der Waals surface area contributed by atoms with E-state index in [2.05, 4.69) is 42.5 Å². The second kappa shape index (κ2) is 7.24. The molecular weight excluding hydrogens is 320 g/mol. The van der Waals surface area contributed by atoms with Gasteiger partial charge >= 0.3 is 11.5 Å². The van der Waals surface area contributed by atoms with Crippen molar-refractivity contribution in [3.8, 4) is 39.5 Å². The van der Waals surface area contributed by atoms with Crippen molar-refractivity contribution in [2.24, 2.45) is 0 Å². The first-order valence-corrected chi connectivity index (χ1v) is 8.57. The van der Waals surface area contributed by atoms with Gasteiger partial charge in [0.15, 0.2) is 0 Å². The average Bonchev–Trinajstić information content (AvgIpc) is 2.75. The van der Waals surface area contributed by atoms with E-state index in [1.54, 1.807) is 7.11 Å². The van der Waals surface area contributed by atoms with Gasteiger partial charge in [-0.1, -0.05) is 48.5 Å². The van der Waals surface area contributed by atoms with Crippen LogP contribution < -0.4 is 4.74 Å². The molecule has 1 heterocycles. The Morgan fingerprint density at radius 3 is 1.81 bits per heavy atom. The van der Waals surface area contributed by atoms with Crippen LogP contribution in [0.3, 0.4) is 0 Å². The lowest BCUT2D eigenvalue weighted by Gasteiger charge is -2.04. The molecule has 0 atom stereocenters. The molecule has 4 rings (SSSR count). The molecule has 0 aliphatic rings. The molecule has 2 nitrogen and oxygen atoms in total. The first-order chi connectivity index (χ1) is 12.8. The molecule has 26 heavy (non-hydrogen) atoms. The summed E-state index contributed by atoms with van der Waals surface area (Å²) in [5.41, 5.74) is 4.26. The molecule has 3 aromatic carbocycles. The molecule has 0 saturated carbocycles. The van der Waals surface area contributed by atoms with Crippen LogP contribution in [0.2, 0.25) is 0 Å². The first-order valence-electron chi connectivity index (χ1n) is 8.57. The van der Waals surface area contributed by atoms with Crippen molar-refractivity contribution < 1.29 is 9.15 Å². The molecule has 0 fully saturated rings. The Kier molecular flexibility index (Phi) is 4.48. The fraction of sp³-hybridized carbons (Fsp3) is 0.0417. The van der Waals surface area contributed by atoms with Crippen LogP contribution in [0.1, 0.15) is 0 Å². The van der Waals surface area contributed by atoms with Crippen molar-refractivity contribution in [1.29, 1.82) is 0 Å². The minimum Gasteiger partial charge on any atom is -0.497 e. The van der Waals surface area contributed by atoms with Crippen LogP contribution in [-0.2, 0) is 0 Å². The van der Waals surface area contributed by atoms with Crippen LogP contribution in [0.4, 0.5) is 0 Å². The number of rotatable bonds is 4. The van der Waals surface area contributed by atoms with Crippen LogP contribution in [-0.4, -0.2) is 7.11 Å². The number of hydrogen-bond acceptors (Lipinski definition) is 1. The molecule has 126 valence electrons. The van der Waals surface area contributed by atoms with Gasteiger partial charge in [0.2, 0.25) is 0 Å². The van der Waals surface area contributed by atoms with Crippen molar-refractivity contribution in [3.05, 3.63) is 97.1 Å². The van der Waals surface area contributed by atoms with Crippen LogP contribution >= 0.6 is 0 Å². The largest absolute Gasteiger partial charge is 0.497 e. The molecule has 0 N–H and O–H groups in total. The monoisotopic (exact) mass is 339 g/mol. The predicted octanol–water partition coefficient (Wildman–Crippen LogP) is 6.57. The topological polar surface area (TPSA) is 20.5 Å². The number of benzene rings is 3. The Labute approximate surface area is 153 Å². The second-order valence-electron chi connectivity index (χ2n) is 6.00. The number of methoxy groups -OCH3 is 1. The predicted molar refractivity (Wildman–Crippen MR) is 106 cm³/mol. The fourth-order valence-corrected chi connectivity index (χ4v) is 2.99. The zero-order valence-electron chi connectivity index (χ0n) is 14.6. The molecule has 0 unspecified atom stereocenters. The molecule has 1 aromatic heterocycles. The summed E-state index contributed by atoms with van der Waals surface area (Å²) in [6, 6.07) is 32.6. The van der Waals surface area contributed by atoms with Gasteiger partial charge in [-0.2, -0.15) is 0 Å². The summed E-state index contributed by atoms with van der Waals surface area (Å²) in [5.74, 6) is 2.55. The zero-order chi connectivity index (χ0) is 17.8. The van der Waals surface area contributed by atoms with Crippen molar-refractivity contribution in [2.45, 2.75) is 0 Å². The fourth-order valence-electron chi connectivity index (χ4n) is 2.99. The molecule has 0 saturated heterocycles. The third-order valence-corrected chi connectivity index (χ3v) is 4.35. The number of hydrogen-bond donors (Lipinski definition) is 0. The maximum atomic E-state index is 6.36. The average molecular weight is 339 g/mol. The van der Waals surface area contributed by atoms with Gasteiger partial charge in [-0.3, -0.25) is 0 Å². The van der Waals surface area contributed by atoms with Crippen molar-refractivity contribution in [1.82, 2.24) is 0 Å². The van der Waals surface area contributed by atoms with E-state index in [-0.39, 0.29) is 0 Å². The van der Waals surface area contributed by atoms with E-state index in [9.17, 15) is 0 Å². The molecule has 0 radical (unpaired) electrons. The lowest BCUT2D eigenvalue weighted by atomic mass is 9.99. The van der Waals surface area contributed by atoms with Crippen molar-refractivity contribution in [2.75, 3.05) is 7.11 Å². The van der Waals surface area contributed by atoms with E-state index < -0.39 is 0 Å². The van der Waals surface area contributed by atoms with Gasteiger partial charge in [0.25, 0.3) is 0 Å². The van der Waals surface area contributed by atoms with E-state index >= 15 is 0 Å². The van der Waals surface area contributed by atoms with Crippen molar-refractivity contribution >= 4 is 0 Å². The highest BCUT2D eigenvalue weighted by atomic mass is 16.5. The first kappa shape index (κ1) is 16.1. The summed E-state index contributed by atoms with van der Waals surface area (Å²) < 4.78 is 11.6. The van der Waals surface area contributed by atoms with E-state index in [1.807, 2.05) is 54.6 Å². The molecular formula is C24H19O2+. The Morgan fingerprint density at radius 1 is 0.577 bits per heavy atom. The van der Waals surface area contributed by atoms with Gasteiger partial charge in [0.05, 0.1) is 23.8 Å². The SMILES string of the molecule is COc1ccc(-c2ccc(-c3ccccc3)[o+]c2-c2ccccc2)cc1. The van der Waals surface area contributed by atoms with Gasteiger partial charge in [-0.05, 0) is 48.0 Å². The summed E-state index contributed by atoms with van der Waals surface area (Å²) in [6.45, 7) is 0. The van der Waals surface area contributed by atoms with Gasteiger partial charge in [-0.25, -0.2) is 4.42 Å². The third-order valence-electron chi connectivity index (χ3n) is 4.35. The lowest BCUT2D eigenvalue weighted by molar-refractivity contribution is 0.415. The van der Waals surface area contributed by atoms with Crippen LogP contribution in [0, 0.1) is 0 Å². The molecule has 2 heteroatoms. The normalized spacial score (nSPS) is 10.5. The van der Waals surface area contributed by atoms with Crippen molar-refractivity contribution in [3.63, 3.8) is 0 Å². The lowest BCUT2D eigenvalue weighted by Crippen LogP contribution is -1.88. The van der Waals surface area contributed by atoms with Crippen LogP contribution in [0.5, 0.6) is 5.75 Å².